The van der Waals surface area contributed by atoms with Crippen molar-refractivity contribution in [1.29, 1.82) is 0 Å². The normalized spacial score (nSPS) is 22.3. The third-order valence-electron chi connectivity index (χ3n) is 4.99. The van der Waals surface area contributed by atoms with Gasteiger partial charge in [0.1, 0.15) is 18.5 Å². The van der Waals surface area contributed by atoms with Gasteiger partial charge in [0.15, 0.2) is 5.84 Å². The van der Waals surface area contributed by atoms with Gasteiger partial charge in [-0.25, -0.2) is 15.1 Å². The topological polar surface area (TPSA) is 73.9 Å². The van der Waals surface area contributed by atoms with E-state index in [9.17, 15) is 13.2 Å². The fourth-order valence-corrected chi connectivity index (χ4v) is 3.56. The van der Waals surface area contributed by atoms with Crippen LogP contribution in [0.15, 0.2) is 21.9 Å². The van der Waals surface area contributed by atoms with Gasteiger partial charge in [-0.3, -0.25) is 10.0 Å². The smallest absolute Gasteiger partial charge is 0.340 e. The Bertz CT molecular complexity index is 832. The molecule has 11 heteroatoms. The highest BCUT2D eigenvalue weighted by Crippen LogP contribution is 2.23. The van der Waals surface area contributed by atoms with E-state index in [2.05, 4.69) is 25.5 Å². The second kappa shape index (κ2) is 7.19. The average molecular weight is 396 g/mol. The molecule has 0 aromatic carbocycles. The number of nitrogens with one attached hydrogen (secondary N) is 1. The molecule has 0 amide bonds. The maximum atomic E-state index is 13.0. The molecular formula is C17H23F3N8. The molecule has 28 heavy (non-hydrogen) atoms. The molecule has 0 bridgehead atoms. The van der Waals surface area contributed by atoms with E-state index in [1.54, 1.807) is 6.20 Å². The summed E-state index contributed by atoms with van der Waals surface area (Å²) in [7, 11) is 0. The summed E-state index contributed by atoms with van der Waals surface area (Å²) in [5.74, 6) is 1.48. The number of anilines is 1. The number of fused-ring (bicyclic) bond motifs is 1. The number of allylic oxidation sites excluding steroid dienone is 1. The number of aromatic nitrogens is 3. The maximum Gasteiger partial charge on any atom is 0.408 e. The van der Waals surface area contributed by atoms with Crippen molar-refractivity contribution >= 4 is 17.5 Å². The molecule has 1 saturated heterocycles. The Morgan fingerprint density at radius 1 is 1.21 bits per heavy atom. The first-order chi connectivity index (χ1) is 13.3. The molecule has 0 saturated carbocycles. The van der Waals surface area contributed by atoms with Gasteiger partial charge in [-0.15, -0.1) is 5.10 Å². The lowest BCUT2D eigenvalue weighted by molar-refractivity contribution is -0.143. The van der Waals surface area contributed by atoms with Crippen molar-refractivity contribution in [3.05, 3.63) is 17.7 Å². The van der Waals surface area contributed by atoms with Crippen LogP contribution in [0.3, 0.4) is 0 Å². The highest BCUT2D eigenvalue weighted by atomic mass is 19.4. The van der Waals surface area contributed by atoms with Crippen LogP contribution in [0.25, 0.3) is 0 Å². The lowest BCUT2D eigenvalue weighted by Gasteiger charge is -2.24. The minimum Gasteiger partial charge on any atom is -0.340 e. The number of nitrogens with zero attached hydrogens (tertiary/aromatic N) is 7. The van der Waals surface area contributed by atoms with Gasteiger partial charge < -0.3 is 4.90 Å². The summed E-state index contributed by atoms with van der Waals surface area (Å²) < 4.78 is 39.9. The molecule has 1 unspecified atom stereocenters. The van der Waals surface area contributed by atoms with Crippen molar-refractivity contribution in [3.63, 3.8) is 0 Å². The van der Waals surface area contributed by atoms with Gasteiger partial charge in [-0.1, -0.05) is 0 Å². The van der Waals surface area contributed by atoms with Gasteiger partial charge in [0.25, 0.3) is 0 Å². The number of hydrogen-bond donors (Lipinski definition) is 1. The van der Waals surface area contributed by atoms with Gasteiger partial charge in [0, 0.05) is 25.7 Å². The molecule has 1 atom stereocenters. The highest BCUT2D eigenvalue weighted by Gasteiger charge is 2.32. The van der Waals surface area contributed by atoms with Crippen LogP contribution in [0.1, 0.15) is 38.9 Å². The van der Waals surface area contributed by atoms with E-state index in [0.29, 0.717) is 24.6 Å². The summed E-state index contributed by atoms with van der Waals surface area (Å²) in [6.45, 7) is 4.23. The minimum atomic E-state index is -4.34. The van der Waals surface area contributed by atoms with Crippen LogP contribution in [-0.2, 0) is 13.0 Å². The molecule has 152 valence electrons. The fraction of sp³-hybridized carbons (Fsp3) is 0.647. The molecule has 1 aromatic heterocycles. The van der Waals surface area contributed by atoms with E-state index in [1.165, 1.54) is 0 Å². The molecule has 4 rings (SSSR count). The first-order valence-corrected chi connectivity index (χ1v) is 9.41. The maximum absolute atomic E-state index is 13.0. The Hall–Kier alpha value is -2.43. The van der Waals surface area contributed by atoms with E-state index in [4.69, 9.17) is 0 Å². The van der Waals surface area contributed by atoms with Crippen molar-refractivity contribution in [2.75, 3.05) is 18.0 Å². The van der Waals surface area contributed by atoms with Crippen molar-refractivity contribution < 1.29 is 13.2 Å². The van der Waals surface area contributed by atoms with Crippen LogP contribution in [0.4, 0.5) is 19.1 Å². The van der Waals surface area contributed by atoms with Gasteiger partial charge in [0.2, 0.25) is 5.95 Å². The molecule has 1 N–H and O–H groups in total. The van der Waals surface area contributed by atoms with Crippen molar-refractivity contribution in [2.24, 2.45) is 9.98 Å². The molecule has 1 fully saturated rings. The van der Waals surface area contributed by atoms with Gasteiger partial charge in [-0.2, -0.15) is 18.2 Å². The average Bonchev–Trinajstić information content (AvgIpc) is 3.34. The van der Waals surface area contributed by atoms with Crippen LogP contribution in [0, 0.1) is 0 Å². The second-order valence-electron chi connectivity index (χ2n) is 7.25. The summed E-state index contributed by atoms with van der Waals surface area (Å²) >= 11 is 0. The lowest BCUT2D eigenvalue weighted by Crippen LogP contribution is -2.42. The standard InChI is InChI=1S/C17H23F3N8/c1-11-9-21-12(2)15-22-13(24-28(11)15)5-6-14-23-16(26-7-3-4-8-26)25-27(14)10-17(18,19)20/h9,13,24H,3-8,10H2,1-2H3. The van der Waals surface area contributed by atoms with Crippen LogP contribution in [-0.4, -0.2) is 56.8 Å². The minimum absolute atomic E-state index is 0.243. The third-order valence-corrected chi connectivity index (χ3v) is 4.99. The van der Waals surface area contributed by atoms with Crippen LogP contribution in [0.2, 0.25) is 0 Å². The number of hydrogen-bond acceptors (Lipinski definition) is 7. The molecule has 0 spiro atoms. The van der Waals surface area contributed by atoms with Crippen molar-refractivity contribution in [3.8, 4) is 0 Å². The zero-order valence-corrected chi connectivity index (χ0v) is 15.9. The summed E-state index contributed by atoms with van der Waals surface area (Å²) in [5, 5.41) is 6.00. The van der Waals surface area contributed by atoms with E-state index < -0.39 is 12.7 Å². The summed E-state index contributed by atoms with van der Waals surface area (Å²) in [4.78, 5) is 15.3. The summed E-state index contributed by atoms with van der Waals surface area (Å²) in [6.07, 6.45) is 0.0489. The Kier molecular flexibility index (Phi) is 4.86. The zero-order chi connectivity index (χ0) is 19.9. The lowest BCUT2D eigenvalue weighted by atomic mass is 10.2. The van der Waals surface area contributed by atoms with Gasteiger partial charge in [0.05, 0.1) is 11.4 Å². The number of aliphatic imine (C=N–C) groups is 2. The largest absolute Gasteiger partial charge is 0.408 e. The molecular weight excluding hydrogens is 373 g/mol. The second-order valence-corrected chi connectivity index (χ2v) is 7.25. The fourth-order valence-electron chi connectivity index (χ4n) is 3.56. The summed E-state index contributed by atoms with van der Waals surface area (Å²) in [6, 6.07) is 0. The van der Waals surface area contributed by atoms with E-state index >= 15 is 0 Å². The Morgan fingerprint density at radius 3 is 2.64 bits per heavy atom. The van der Waals surface area contributed by atoms with Crippen LogP contribution in [0.5, 0.6) is 0 Å². The molecule has 1 aromatic rings. The number of amidine groups is 1. The van der Waals surface area contributed by atoms with E-state index in [0.717, 1.165) is 47.9 Å². The first kappa shape index (κ1) is 18.9. The van der Waals surface area contributed by atoms with E-state index in [1.807, 2.05) is 23.8 Å². The van der Waals surface area contributed by atoms with E-state index in [-0.39, 0.29) is 6.17 Å². The number of rotatable bonds is 5. The molecule has 3 aliphatic heterocycles. The Balaban J connectivity index is 1.48. The highest BCUT2D eigenvalue weighted by molar-refractivity contribution is 6.41. The number of halogens is 3. The molecule has 8 nitrogen and oxygen atoms in total. The van der Waals surface area contributed by atoms with Crippen molar-refractivity contribution in [1.82, 2.24) is 25.2 Å². The van der Waals surface area contributed by atoms with Crippen LogP contribution < -0.4 is 10.3 Å². The number of alkyl halides is 3. The number of aryl methyl sites for hydroxylation is 1. The molecule has 0 radical (unpaired) electrons. The third kappa shape index (κ3) is 3.89. The van der Waals surface area contributed by atoms with Crippen molar-refractivity contribution in [2.45, 2.75) is 58.4 Å². The molecule has 4 heterocycles. The van der Waals surface area contributed by atoms with Gasteiger partial charge in [-0.05, 0) is 33.1 Å². The zero-order valence-electron chi connectivity index (χ0n) is 15.9. The Labute approximate surface area is 160 Å². The quantitative estimate of drug-likeness (QED) is 0.827. The number of hydrazine groups is 1. The predicted octanol–water partition coefficient (Wildman–Crippen LogP) is 2.25. The van der Waals surface area contributed by atoms with Crippen LogP contribution >= 0.6 is 0 Å². The molecule has 0 aliphatic carbocycles. The monoisotopic (exact) mass is 396 g/mol. The molecule has 3 aliphatic rings. The summed E-state index contributed by atoms with van der Waals surface area (Å²) in [5.41, 5.74) is 4.99. The first-order valence-electron chi connectivity index (χ1n) is 9.41. The predicted molar refractivity (Wildman–Crippen MR) is 98.9 cm³/mol. The SMILES string of the molecule is CC1=CN=C(C)C2=NC(CCc3nc(N4CCCC4)nn3CC(F)(F)F)NN12. The van der Waals surface area contributed by atoms with Gasteiger partial charge >= 0.3 is 6.18 Å². The Morgan fingerprint density at radius 2 is 1.96 bits per heavy atom.